The van der Waals surface area contributed by atoms with E-state index >= 15 is 0 Å². The molecule has 1 amide bonds. The molecule has 1 aliphatic rings. The van der Waals surface area contributed by atoms with Crippen molar-refractivity contribution in [2.75, 3.05) is 0 Å². The van der Waals surface area contributed by atoms with Crippen LogP contribution in [0.2, 0.25) is 0 Å². The molecule has 1 aromatic carbocycles. The van der Waals surface area contributed by atoms with Gasteiger partial charge in [0.25, 0.3) is 5.91 Å². The molecular weight excluding hydrogens is 285 g/mol. The van der Waals surface area contributed by atoms with E-state index in [4.69, 9.17) is 0 Å². The van der Waals surface area contributed by atoms with Crippen molar-refractivity contribution in [2.45, 2.75) is 38.1 Å². The standard InChI is InChI=1S/C13H15BrFNO/c14-12-7-6-9(15)8-11(12)13(17)16-10-4-2-1-3-5-10/h6-8,10H,1-5H2,(H,16,17). The van der Waals surface area contributed by atoms with E-state index in [0.29, 0.717) is 10.0 Å². The number of rotatable bonds is 2. The van der Waals surface area contributed by atoms with Crippen molar-refractivity contribution in [3.63, 3.8) is 0 Å². The molecule has 92 valence electrons. The predicted molar refractivity (Wildman–Crippen MR) is 68.4 cm³/mol. The van der Waals surface area contributed by atoms with Gasteiger partial charge in [-0.2, -0.15) is 0 Å². The van der Waals surface area contributed by atoms with Crippen molar-refractivity contribution in [1.82, 2.24) is 5.32 Å². The lowest BCUT2D eigenvalue weighted by Gasteiger charge is -2.23. The molecule has 4 heteroatoms. The van der Waals surface area contributed by atoms with E-state index in [1.807, 2.05) is 0 Å². The second kappa shape index (κ2) is 5.63. The first-order valence-electron chi connectivity index (χ1n) is 5.93. The average Bonchev–Trinajstić information content (AvgIpc) is 2.33. The van der Waals surface area contributed by atoms with Crippen LogP contribution in [0, 0.1) is 5.82 Å². The van der Waals surface area contributed by atoms with Crippen LogP contribution in [-0.2, 0) is 0 Å². The number of halogens is 2. The SMILES string of the molecule is O=C(NC1CCCCC1)c1cc(F)ccc1Br. The Bertz CT molecular complexity index is 416. The molecule has 1 aliphatic carbocycles. The van der Waals surface area contributed by atoms with Gasteiger partial charge < -0.3 is 5.32 Å². The minimum absolute atomic E-state index is 0.191. The van der Waals surface area contributed by atoms with Crippen LogP contribution in [0.5, 0.6) is 0 Å². The largest absolute Gasteiger partial charge is 0.349 e. The second-order valence-corrected chi connectivity index (χ2v) is 5.29. The fourth-order valence-corrected chi connectivity index (χ4v) is 2.61. The van der Waals surface area contributed by atoms with Gasteiger partial charge in [-0.25, -0.2) is 4.39 Å². The number of benzene rings is 1. The molecule has 2 nitrogen and oxygen atoms in total. The summed E-state index contributed by atoms with van der Waals surface area (Å²) in [5.74, 6) is -0.578. The third-order valence-corrected chi connectivity index (χ3v) is 3.80. The molecular formula is C13H15BrFNO. The number of amides is 1. The van der Waals surface area contributed by atoms with Gasteiger partial charge in [0.15, 0.2) is 0 Å². The number of nitrogens with one attached hydrogen (secondary N) is 1. The smallest absolute Gasteiger partial charge is 0.252 e. The van der Waals surface area contributed by atoms with Gasteiger partial charge >= 0.3 is 0 Å². The zero-order valence-electron chi connectivity index (χ0n) is 9.51. The minimum Gasteiger partial charge on any atom is -0.349 e. The number of carbonyl (C=O) groups is 1. The molecule has 1 fully saturated rings. The Morgan fingerprint density at radius 1 is 1.29 bits per heavy atom. The van der Waals surface area contributed by atoms with Crippen molar-refractivity contribution in [3.05, 3.63) is 34.1 Å². The number of hydrogen-bond donors (Lipinski definition) is 1. The van der Waals surface area contributed by atoms with Crippen LogP contribution in [-0.4, -0.2) is 11.9 Å². The molecule has 0 heterocycles. The summed E-state index contributed by atoms with van der Waals surface area (Å²) in [4.78, 5) is 12.0. The van der Waals surface area contributed by atoms with Gasteiger partial charge in [0, 0.05) is 10.5 Å². The average molecular weight is 300 g/mol. The van der Waals surface area contributed by atoms with E-state index in [2.05, 4.69) is 21.2 Å². The first-order valence-corrected chi connectivity index (χ1v) is 6.72. The Balaban J connectivity index is 2.05. The maximum atomic E-state index is 13.1. The molecule has 0 saturated heterocycles. The fourth-order valence-electron chi connectivity index (χ4n) is 2.18. The minimum atomic E-state index is -0.387. The summed E-state index contributed by atoms with van der Waals surface area (Å²) in [5.41, 5.74) is 0.371. The molecule has 2 rings (SSSR count). The normalized spacial score (nSPS) is 16.8. The van der Waals surface area contributed by atoms with Crippen LogP contribution in [0.3, 0.4) is 0 Å². The van der Waals surface area contributed by atoms with Gasteiger partial charge in [0.05, 0.1) is 5.56 Å². The quantitative estimate of drug-likeness (QED) is 0.887. The number of carbonyl (C=O) groups excluding carboxylic acids is 1. The molecule has 0 aliphatic heterocycles. The Morgan fingerprint density at radius 3 is 2.71 bits per heavy atom. The van der Waals surface area contributed by atoms with Gasteiger partial charge in [-0.3, -0.25) is 4.79 Å². The van der Waals surface area contributed by atoms with Crippen LogP contribution in [0.4, 0.5) is 4.39 Å². The highest BCUT2D eigenvalue weighted by atomic mass is 79.9. The summed E-state index contributed by atoms with van der Waals surface area (Å²) >= 11 is 3.27. The van der Waals surface area contributed by atoms with Gasteiger partial charge in [-0.15, -0.1) is 0 Å². The predicted octanol–water partition coefficient (Wildman–Crippen LogP) is 3.65. The first kappa shape index (κ1) is 12.6. The van der Waals surface area contributed by atoms with E-state index in [1.165, 1.54) is 18.6 Å². The van der Waals surface area contributed by atoms with Crippen LogP contribution in [0.25, 0.3) is 0 Å². The Labute approximate surface area is 109 Å². The van der Waals surface area contributed by atoms with E-state index in [1.54, 1.807) is 6.07 Å². The van der Waals surface area contributed by atoms with E-state index in [0.717, 1.165) is 25.7 Å². The lowest BCUT2D eigenvalue weighted by molar-refractivity contribution is 0.0926. The summed E-state index contributed by atoms with van der Waals surface area (Å²) in [5, 5.41) is 2.97. The molecule has 0 bridgehead atoms. The van der Waals surface area contributed by atoms with Crippen LogP contribution < -0.4 is 5.32 Å². The highest BCUT2D eigenvalue weighted by molar-refractivity contribution is 9.10. The Morgan fingerprint density at radius 2 is 2.00 bits per heavy atom. The first-order chi connectivity index (χ1) is 8.16. The van der Waals surface area contributed by atoms with Crippen molar-refractivity contribution in [2.24, 2.45) is 0 Å². The highest BCUT2D eigenvalue weighted by Gasteiger charge is 2.18. The summed E-state index contributed by atoms with van der Waals surface area (Å²) in [6.45, 7) is 0. The topological polar surface area (TPSA) is 29.1 Å². The molecule has 1 aromatic rings. The maximum Gasteiger partial charge on any atom is 0.252 e. The van der Waals surface area contributed by atoms with Gasteiger partial charge in [-0.1, -0.05) is 19.3 Å². The Kier molecular flexibility index (Phi) is 4.15. The Hall–Kier alpha value is -0.900. The summed E-state index contributed by atoms with van der Waals surface area (Å²) in [6.07, 6.45) is 5.62. The molecule has 0 unspecified atom stereocenters. The molecule has 0 spiro atoms. The zero-order valence-corrected chi connectivity index (χ0v) is 11.1. The van der Waals surface area contributed by atoms with E-state index in [9.17, 15) is 9.18 Å². The molecule has 17 heavy (non-hydrogen) atoms. The molecule has 0 aromatic heterocycles. The molecule has 0 radical (unpaired) electrons. The molecule has 1 saturated carbocycles. The summed E-state index contributed by atoms with van der Waals surface area (Å²) in [7, 11) is 0. The molecule has 0 atom stereocenters. The monoisotopic (exact) mass is 299 g/mol. The second-order valence-electron chi connectivity index (χ2n) is 4.43. The summed E-state index contributed by atoms with van der Waals surface area (Å²) < 4.78 is 13.7. The van der Waals surface area contributed by atoms with Gasteiger partial charge in [0.2, 0.25) is 0 Å². The fraction of sp³-hybridized carbons (Fsp3) is 0.462. The van der Waals surface area contributed by atoms with Crippen molar-refractivity contribution >= 4 is 21.8 Å². The lowest BCUT2D eigenvalue weighted by Crippen LogP contribution is -2.36. The third-order valence-electron chi connectivity index (χ3n) is 3.11. The van der Waals surface area contributed by atoms with Crippen LogP contribution in [0.1, 0.15) is 42.5 Å². The van der Waals surface area contributed by atoms with Crippen LogP contribution >= 0.6 is 15.9 Å². The summed E-state index contributed by atoms with van der Waals surface area (Å²) in [6, 6.07) is 4.40. The van der Waals surface area contributed by atoms with Crippen molar-refractivity contribution in [3.8, 4) is 0 Å². The zero-order chi connectivity index (χ0) is 12.3. The van der Waals surface area contributed by atoms with Crippen molar-refractivity contribution < 1.29 is 9.18 Å². The van der Waals surface area contributed by atoms with Crippen molar-refractivity contribution in [1.29, 1.82) is 0 Å². The van der Waals surface area contributed by atoms with Gasteiger partial charge in [-0.05, 0) is 47.0 Å². The van der Waals surface area contributed by atoms with E-state index < -0.39 is 0 Å². The lowest BCUT2D eigenvalue weighted by atomic mass is 9.95. The highest BCUT2D eigenvalue weighted by Crippen LogP contribution is 2.20. The van der Waals surface area contributed by atoms with Gasteiger partial charge in [0.1, 0.15) is 5.82 Å². The number of hydrogen-bond acceptors (Lipinski definition) is 1. The van der Waals surface area contributed by atoms with E-state index in [-0.39, 0.29) is 17.8 Å². The third kappa shape index (κ3) is 3.28. The van der Waals surface area contributed by atoms with Crippen LogP contribution in [0.15, 0.2) is 22.7 Å². The molecule has 1 N–H and O–H groups in total. The maximum absolute atomic E-state index is 13.1.